The van der Waals surface area contributed by atoms with Gasteiger partial charge in [0.1, 0.15) is 11.9 Å². The number of ether oxygens (including phenoxy) is 2. The van der Waals surface area contributed by atoms with Crippen molar-refractivity contribution < 1.29 is 9.47 Å². The molecule has 2 rings (SSSR count). The molecule has 1 N–H and O–H groups in total. The fourth-order valence-electron chi connectivity index (χ4n) is 1.71. The van der Waals surface area contributed by atoms with E-state index in [2.05, 4.69) is 18.3 Å². The average molecular weight is 193 g/mol. The summed E-state index contributed by atoms with van der Waals surface area (Å²) in [6.45, 7) is 3.56. The monoisotopic (exact) mass is 193 g/mol. The Bertz CT molecular complexity index is 319. The van der Waals surface area contributed by atoms with Gasteiger partial charge in [-0.25, -0.2) is 0 Å². The lowest BCUT2D eigenvalue weighted by molar-refractivity contribution is 0.112. The highest BCUT2D eigenvalue weighted by Crippen LogP contribution is 2.29. The maximum atomic E-state index is 5.55. The normalized spacial score (nSPS) is 21.1. The second-order valence-electron chi connectivity index (χ2n) is 3.50. The maximum absolute atomic E-state index is 5.55. The van der Waals surface area contributed by atoms with Crippen molar-refractivity contribution in [2.45, 2.75) is 13.0 Å². The van der Waals surface area contributed by atoms with Crippen molar-refractivity contribution in [1.29, 1.82) is 0 Å². The molecular formula is C11H15NO2. The molecule has 1 heterocycles. The predicted octanol–water partition coefficient (Wildman–Crippen LogP) is 1.62. The van der Waals surface area contributed by atoms with Crippen molar-refractivity contribution in [3.63, 3.8) is 0 Å². The van der Waals surface area contributed by atoms with E-state index in [-0.39, 0.29) is 6.10 Å². The van der Waals surface area contributed by atoms with Crippen LogP contribution in [0.2, 0.25) is 0 Å². The van der Waals surface area contributed by atoms with Gasteiger partial charge in [-0.1, -0.05) is 11.6 Å². The predicted molar refractivity (Wildman–Crippen MR) is 54.4 cm³/mol. The van der Waals surface area contributed by atoms with Crippen molar-refractivity contribution >= 4 is 0 Å². The molecule has 1 fully saturated rings. The van der Waals surface area contributed by atoms with Gasteiger partial charge >= 0.3 is 0 Å². The van der Waals surface area contributed by atoms with Crippen molar-refractivity contribution in [2.24, 2.45) is 0 Å². The van der Waals surface area contributed by atoms with Gasteiger partial charge in [0.15, 0.2) is 0 Å². The third-order valence-electron chi connectivity index (χ3n) is 2.45. The lowest BCUT2D eigenvalue weighted by atomic mass is 10.1. The number of methoxy groups -OCH3 is 1. The molecule has 0 amide bonds. The molecule has 1 unspecified atom stereocenters. The lowest BCUT2D eigenvalue weighted by Crippen LogP contribution is -2.08. The average Bonchev–Trinajstić information content (AvgIpc) is 2.70. The molecule has 1 atom stereocenters. The summed E-state index contributed by atoms with van der Waals surface area (Å²) in [4.78, 5) is 0. The third kappa shape index (κ3) is 1.74. The molecule has 1 aliphatic heterocycles. The molecule has 1 aromatic carbocycles. The number of benzene rings is 1. The van der Waals surface area contributed by atoms with Crippen LogP contribution < -0.4 is 10.1 Å². The van der Waals surface area contributed by atoms with Crippen LogP contribution >= 0.6 is 0 Å². The molecule has 3 heteroatoms. The maximum Gasteiger partial charge on any atom is 0.124 e. The van der Waals surface area contributed by atoms with E-state index < -0.39 is 0 Å². The number of aryl methyl sites for hydroxylation is 1. The highest BCUT2D eigenvalue weighted by molar-refractivity contribution is 5.38. The van der Waals surface area contributed by atoms with Crippen molar-refractivity contribution in [1.82, 2.24) is 5.32 Å². The van der Waals surface area contributed by atoms with Crippen LogP contribution in [0.4, 0.5) is 0 Å². The zero-order valence-electron chi connectivity index (χ0n) is 8.54. The first-order chi connectivity index (χ1) is 6.81. The molecular weight excluding hydrogens is 178 g/mol. The van der Waals surface area contributed by atoms with Crippen LogP contribution in [-0.4, -0.2) is 20.4 Å². The molecule has 0 spiro atoms. The second-order valence-corrected chi connectivity index (χ2v) is 3.50. The van der Waals surface area contributed by atoms with Crippen LogP contribution in [0.5, 0.6) is 5.75 Å². The molecule has 14 heavy (non-hydrogen) atoms. The van der Waals surface area contributed by atoms with Gasteiger partial charge < -0.3 is 9.47 Å². The summed E-state index contributed by atoms with van der Waals surface area (Å²) in [6.07, 6.45) is 0.129. The first kappa shape index (κ1) is 9.49. The Labute approximate surface area is 84.0 Å². The zero-order chi connectivity index (χ0) is 9.97. The van der Waals surface area contributed by atoms with E-state index in [0.29, 0.717) is 6.73 Å². The quantitative estimate of drug-likeness (QED) is 0.774. The van der Waals surface area contributed by atoms with Gasteiger partial charge in [-0.05, 0) is 19.1 Å². The van der Waals surface area contributed by atoms with E-state index in [1.165, 1.54) is 5.56 Å². The molecule has 3 nitrogen and oxygen atoms in total. The van der Waals surface area contributed by atoms with E-state index in [1.54, 1.807) is 7.11 Å². The largest absolute Gasteiger partial charge is 0.496 e. The summed E-state index contributed by atoms with van der Waals surface area (Å²) in [5.74, 6) is 0.907. The highest BCUT2D eigenvalue weighted by atomic mass is 16.5. The number of hydrogen-bond donors (Lipinski definition) is 1. The van der Waals surface area contributed by atoms with Crippen LogP contribution in [0.25, 0.3) is 0 Å². The van der Waals surface area contributed by atoms with Crippen molar-refractivity contribution in [3.05, 3.63) is 29.3 Å². The highest BCUT2D eigenvalue weighted by Gasteiger charge is 2.20. The standard InChI is InChI=1S/C11H15NO2/c1-8-3-4-10(13-2)9(5-8)11-6-12-7-14-11/h3-5,11-12H,6-7H2,1-2H3. The lowest BCUT2D eigenvalue weighted by Gasteiger charge is -2.14. The SMILES string of the molecule is COc1ccc(C)cc1C1CNCO1. The summed E-state index contributed by atoms with van der Waals surface area (Å²) in [5, 5.41) is 3.16. The van der Waals surface area contributed by atoms with E-state index in [0.717, 1.165) is 17.9 Å². The Balaban J connectivity index is 2.33. The van der Waals surface area contributed by atoms with E-state index >= 15 is 0 Å². The molecule has 1 saturated heterocycles. The molecule has 0 saturated carbocycles. The summed E-state index contributed by atoms with van der Waals surface area (Å²) in [6, 6.07) is 6.16. The molecule has 1 aliphatic rings. The fourth-order valence-corrected chi connectivity index (χ4v) is 1.71. The van der Waals surface area contributed by atoms with Gasteiger partial charge in [0, 0.05) is 12.1 Å². The van der Waals surface area contributed by atoms with Gasteiger partial charge in [0.05, 0.1) is 13.8 Å². The van der Waals surface area contributed by atoms with E-state index in [1.807, 2.05) is 12.1 Å². The van der Waals surface area contributed by atoms with Gasteiger partial charge in [-0.3, -0.25) is 5.32 Å². The Kier molecular flexibility index (Phi) is 2.70. The van der Waals surface area contributed by atoms with Gasteiger partial charge in [-0.2, -0.15) is 0 Å². The van der Waals surface area contributed by atoms with Gasteiger partial charge in [-0.15, -0.1) is 0 Å². The first-order valence-corrected chi connectivity index (χ1v) is 4.78. The van der Waals surface area contributed by atoms with Crippen LogP contribution in [0.15, 0.2) is 18.2 Å². The van der Waals surface area contributed by atoms with Crippen molar-refractivity contribution in [3.8, 4) is 5.75 Å². The molecule has 0 radical (unpaired) electrons. The smallest absolute Gasteiger partial charge is 0.124 e. The Morgan fingerprint density at radius 3 is 3.00 bits per heavy atom. The topological polar surface area (TPSA) is 30.5 Å². The minimum atomic E-state index is 0.129. The van der Waals surface area contributed by atoms with E-state index in [4.69, 9.17) is 9.47 Å². The minimum absolute atomic E-state index is 0.129. The molecule has 0 aliphatic carbocycles. The third-order valence-corrected chi connectivity index (χ3v) is 2.45. The van der Waals surface area contributed by atoms with Crippen LogP contribution in [0.3, 0.4) is 0 Å². The number of rotatable bonds is 2. The second kappa shape index (κ2) is 3.98. The Morgan fingerprint density at radius 2 is 2.36 bits per heavy atom. The van der Waals surface area contributed by atoms with E-state index in [9.17, 15) is 0 Å². The zero-order valence-corrected chi connectivity index (χ0v) is 8.54. The summed E-state index contributed by atoms with van der Waals surface area (Å²) in [7, 11) is 1.69. The summed E-state index contributed by atoms with van der Waals surface area (Å²) >= 11 is 0. The molecule has 0 aromatic heterocycles. The van der Waals surface area contributed by atoms with Gasteiger partial charge in [0.2, 0.25) is 0 Å². The fraction of sp³-hybridized carbons (Fsp3) is 0.455. The Morgan fingerprint density at radius 1 is 1.50 bits per heavy atom. The molecule has 0 bridgehead atoms. The van der Waals surface area contributed by atoms with Crippen LogP contribution in [-0.2, 0) is 4.74 Å². The number of hydrogen-bond acceptors (Lipinski definition) is 3. The summed E-state index contributed by atoms with van der Waals surface area (Å²) in [5.41, 5.74) is 2.37. The molecule has 76 valence electrons. The van der Waals surface area contributed by atoms with Gasteiger partial charge in [0.25, 0.3) is 0 Å². The summed E-state index contributed by atoms with van der Waals surface area (Å²) < 4.78 is 10.9. The Hall–Kier alpha value is -1.06. The van der Waals surface area contributed by atoms with Crippen LogP contribution in [0, 0.1) is 6.92 Å². The minimum Gasteiger partial charge on any atom is -0.496 e. The molecule has 1 aromatic rings. The van der Waals surface area contributed by atoms with Crippen LogP contribution in [0.1, 0.15) is 17.2 Å². The first-order valence-electron chi connectivity index (χ1n) is 4.78. The van der Waals surface area contributed by atoms with Crippen molar-refractivity contribution in [2.75, 3.05) is 20.4 Å². The number of nitrogens with one attached hydrogen (secondary N) is 1.